The molecule has 0 saturated heterocycles. The van der Waals surface area contributed by atoms with E-state index in [1.807, 2.05) is 6.92 Å². The number of carbonyl (C=O) groups excluding carboxylic acids is 1. The van der Waals surface area contributed by atoms with Crippen LogP contribution >= 0.6 is 0 Å². The number of rotatable bonds is 0. The van der Waals surface area contributed by atoms with Gasteiger partial charge in [0.1, 0.15) is 0 Å². The van der Waals surface area contributed by atoms with Gasteiger partial charge in [-0.2, -0.15) is 0 Å². The van der Waals surface area contributed by atoms with Crippen molar-refractivity contribution in [2.75, 3.05) is 0 Å². The van der Waals surface area contributed by atoms with Crippen LogP contribution in [0, 0.1) is 28.6 Å². The maximum absolute atomic E-state index is 12.9. The predicted octanol–water partition coefficient (Wildman–Crippen LogP) is 1.82. The topological polar surface area (TPSA) is 77.8 Å². The number of hydrogen-bond donors (Lipinski definition) is 3. The van der Waals surface area contributed by atoms with Crippen LogP contribution in [0.5, 0.6) is 0 Å². The fourth-order valence-electron chi connectivity index (χ4n) is 6.38. The molecule has 0 aliphatic heterocycles. The molecule has 0 spiro atoms. The van der Waals surface area contributed by atoms with Crippen molar-refractivity contribution in [3.63, 3.8) is 0 Å². The first-order valence-electron chi connectivity index (χ1n) is 9.06. The standard InChI is InChI=1S/C19H28O4/c1-18-5-3-11(20)7-10(18)8-14(21)16-12(18)4-6-19(2)13(16)9-15(22)17(19)23/h8,11-13,15-17,20,22-23H,3-7,9H2,1-2H3/t11-,12?,13?,15+,16?,17-,18-,19-/m0/s1. The summed E-state index contributed by atoms with van der Waals surface area (Å²) in [6.07, 6.45) is 4.75. The molecule has 0 bridgehead atoms. The molecule has 4 nitrogen and oxygen atoms in total. The lowest BCUT2D eigenvalue weighted by molar-refractivity contribution is -0.136. The lowest BCUT2D eigenvalue weighted by Crippen LogP contribution is -2.54. The molecule has 3 N–H and O–H groups in total. The first kappa shape index (κ1) is 15.8. The summed E-state index contributed by atoms with van der Waals surface area (Å²) < 4.78 is 0. The Kier molecular flexibility index (Phi) is 3.37. The third-order valence-corrected chi connectivity index (χ3v) is 7.89. The molecule has 0 heterocycles. The quantitative estimate of drug-likeness (QED) is 0.636. The third-order valence-electron chi connectivity index (χ3n) is 7.89. The summed E-state index contributed by atoms with van der Waals surface area (Å²) in [6, 6.07) is 0. The zero-order valence-corrected chi connectivity index (χ0v) is 14.0. The zero-order valence-electron chi connectivity index (χ0n) is 14.0. The first-order chi connectivity index (χ1) is 10.8. The minimum Gasteiger partial charge on any atom is -0.393 e. The van der Waals surface area contributed by atoms with E-state index in [4.69, 9.17) is 0 Å². The van der Waals surface area contributed by atoms with Crippen LogP contribution in [0.4, 0.5) is 0 Å². The molecule has 3 unspecified atom stereocenters. The second-order valence-corrected chi connectivity index (χ2v) is 8.92. The smallest absolute Gasteiger partial charge is 0.159 e. The number of hydrogen-bond acceptors (Lipinski definition) is 4. The van der Waals surface area contributed by atoms with E-state index in [1.165, 1.54) is 0 Å². The van der Waals surface area contributed by atoms with Crippen molar-refractivity contribution in [2.24, 2.45) is 28.6 Å². The van der Waals surface area contributed by atoms with Gasteiger partial charge in [-0.1, -0.05) is 19.4 Å². The Morgan fingerprint density at radius 1 is 1.09 bits per heavy atom. The molecule has 23 heavy (non-hydrogen) atoms. The molecule has 0 aromatic carbocycles. The van der Waals surface area contributed by atoms with E-state index in [0.717, 1.165) is 31.3 Å². The molecule has 4 aliphatic rings. The largest absolute Gasteiger partial charge is 0.393 e. The minimum atomic E-state index is -0.715. The second kappa shape index (κ2) is 4.90. The van der Waals surface area contributed by atoms with Crippen molar-refractivity contribution in [2.45, 2.75) is 70.7 Å². The lowest BCUT2D eigenvalue weighted by atomic mass is 9.47. The molecule has 3 fully saturated rings. The van der Waals surface area contributed by atoms with Crippen molar-refractivity contribution in [1.82, 2.24) is 0 Å². The molecule has 0 aromatic heterocycles. The molecular weight excluding hydrogens is 292 g/mol. The zero-order chi connectivity index (χ0) is 16.6. The maximum Gasteiger partial charge on any atom is 0.159 e. The number of fused-ring (bicyclic) bond motifs is 5. The third kappa shape index (κ3) is 1.98. The number of aliphatic hydroxyl groups excluding tert-OH is 3. The highest BCUT2D eigenvalue weighted by Crippen LogP contribution is 2.64. The minimum absolute atomic E-state index is 0.00235. The van der Waals surface area contributed by atoms with Gasteiger partial charge in [0.2, 0.25) is 0 Å². The summed E-state index contributed by atoms with van der Waals surface area (Å²) in [7, 11) is 0. The number of carbonyl (C=O) groups is 1. The van der Waals surface area contributed by atoms with Gasteiger partial charge < -0.3 is 15.3 Å². The van der Waals surface area contributed by atoms with Crippen LogP contribution in [-0.4, -0.2) is 39.4 Å². The summed E-state index contributed by atoms with van der Waals surface area (Å²) >= 11 is 0. The van der Waals surface area contributed by atoms with Crippen molar-refractivity contribution in [3.8, 4) is 0 Å². The van der Waals surface area contributed by atoms with Crippen molar-refractivity contribution >= 4 is 5.78 Å². The molecular formula is C19H28O4. The molecule has 0 amide bonds. The van der Waals surface area contributed by atoms with Crippen LogP contribution in [-0.2, 0) is 4.79 Å². The average Bonchev–Trinajstić information content (AvgIpc) is 2.73. The Labute approximate surface area is 137 Å². The van der Waals surface area contributed by atoms with Crippen LogP contribution in [0.3, 0.4) is 0 Å². The SMILES string of the molecule is C[C@]12CC[C@H](O)CC1=CC(=O)C1C2CC[C@@]2(C)C1C[C@@H](O)[C@@H]2O. The van der Waals surface area contributed by atoms with E-state index in [1.54, 1.807) is 6.08 Å². The van der Waals surface area contributed by atoms with Crippen molar-refractivity contribution in [1.29, 1.82) is 0 Å². The van der Waals surface area contributed by atoms with E-state index >= 15 is 0 Å². The van der Waals surface area contributed by atoms with Gasteiger partial charge in [0.15, 0.2) is 5.78 Å². The lowest BCUT2D eigenvalue weighted by Gasteiger charge is -2.56. The van der Waals surface area contributed by atoms with E-state index in [0.29, 0.717) is 12.8 Å². The highest BCUT2D eigenvalue weighted by atomic mass is 16.3. The fourth-order valence-corrected chi connectivity index (χ4v) is 6.38. The predicted molar refractivity (Wildman–Crippen MR) is 85.5 cm³/mol. The normalized spacial score (nSPS) is 55.7. The Morgan fingerprint density at radius 2 is 1.83 bits per heavy atom. The highest BCUT2D eigenvalue weighted by molar-refractivity contribution is 5.94. The Balaban J connectivity index is 1.75. The molecule has 128 valence electrons. The maximum atomic E-state index is 12.9. The van der Waals surface area contributed by atoms with E-state index in [2.05, 4.69) is 6.92 Å². The fraction of sp³-hybridized carbons (Fsp3) is 0.842. The molecule has 3 saturated carbocycles. The van der Waals surface area contributed by atoms with Gasteiger partial charge in [0.05, 0.1) is 18.3 Å². The van der Waals surface area contributed by atoms with Crippen LogP contribution < -0.4 is 0 Å². The average molecular weight is 320 g/mol. The Bertz CT molecular complexity index is 570. The number of ketones is 1. The molecule has 4 aliphatic carbocycles. The molecule has 4 heteroatoms. The summed E-state index contributed by atoms with van der Waals surface area (Å²) in [5.41, 5.74) is 0.786. The van der Waals surface area contributed by atoms with Gasteiger partial charge in [-0.25, -0.2) is 0 Å². The Morgan fingerprint density at radius 3 is 2.57 bits per heavy atom. The van der Waals surface area contributed by atoms with Crippen molar-refractivity contribution < 1.29 is 20.1 Å². The highest BCUT2D eigenvalue weighted by Gasteiger charge is 2.62. The monoisotopic (exact) mass is 320 g/mol. The first-order valence-corrected chi connectivity index (χ1v) is 9.06. The Hall–Kier alpha value is -0.710. The van der Waals surface area contributed by atoms with Gasteiger partial charge in [-0.15, -0.1) is 0 Å². The van der Waals surface area contributed by atoms with Crippen LogP contribution in [0.15, 0.2) is 11.6 Å². The van der Waals surface area contributed by atoms with Gasteiger partial charge in [0.25, 0.3) is 0 Å². The number of aliphatic hydroxyl groups is 3. The van der Waals surface area contributed by atoms with Gasteiger partial charge in [0, 0.05) is 5.92 Å². The summed E-state index contributed by atoms with van der Waals surface area (Å²) in [6.45, 7) is 4.31. The van der Waals surface area contributed by atoms with Crippen LogP contribution in [0.2, 0.25) is 0 Å². The molecule has 0 radical (unpaired) electrons. The summed E-state index contributed by atoms with van der Waals surface area (Å²) in [4.78, 5) is 12.9. The van der Waals surface area contributed by atoms with Crippen molar-refractivity contribution in [3.05, 3.63) is 11.6 Å². The van der Waals surface area contributed by atoms with Gasteiger partial charge in [-0.3, -0.25) is 4.79 Å². The van der Waals surface area contributed by atoms with Gasteiger partial charge >= 0.3 is 0 Å². The molecule has 4 rings (SSSR count). The van der Waals surface area contributed by atoms with Crippen LogP contribution in [0.25, 0.3) is 0 Å². The van der Waals surface area contributed by atoms with E-state index in [9.17, 15) is 20.1 Å². The summed E-state index contributed by atoms with van der Waals surface area (Å²) in [5.74, 6) is 0.441. The second-order valence-electron chi connectivity index (χ2n) is 8.92. The molecule has 8 atom stereocenters. The summed E-state index contributed by atoms with van der Waals surface area (Å²) in [5, 5.41) is 30.6. The van der Waals surface area contributed by atoms with Crippen LogP contribution in [0.1, 0.15) is 52.4 Å². The van der Waals surface area contributed by atoms with Gasteiger partial charge in [-0.05, 0) is 67.3 Å². The van der Waals surface area contributed by atoms with E-state index in [-0.39, 0.29) is 40.5 Å². The molecule has 0 aromatic rings. The number of allylic oxidation sites excluding steroid dienone is 1. The van der Waals surface area contributed by atoms with E-state index < -0.39 is 12.2 Å².